The van der Waals surface area contributed by atoms with Gasteiger partial charge in [0.05, 0.1) is 0 Å². The van der Waals surface area contributed by atoms with E-state index in [1.54, 1.807) is 16.7 Å². The molecular weight excluding hydrogens is 260 g/mol. The first-order chi connectivity index (χ1) is 9.52. The maximum Gasteiger partial charge on any atom is 0.244 e. The minimum absolute atomic E-state index is 0.0151. The van der Waals surface area contributed by atoms with Crippen molar-refractivity contribution in [3.63, 3.8) is 0 Å². The zero-order chi connectivity index (χ0) is 14.3. The molecule has 1 aromatic heterocycles. The van der Waals surface area contributed by atoms with Gasteiger partial charge in [0.1, 0.15) is 12.9 Å². The van der Waals surface area contributed by atoms with Gasteiger partial charge in [0, 0.05) is 33.1 Å². The lowest BCUT2D eigenvalue weighted by atomic mass is 10.2. The lowest BCUT2D eigenvalue weighted by Crippen LogP contribution is -2.37. The second-order valence-corrected chi connectivity index (χ2v) is 5.13. The van der Waals surface area contributed by atoms with Crippen molar-refractivity contribution in [2.45, 2.75) is 13.5 Å². The molecule has 0 radical (unpaired) electrons. The van der Waals surface area contributed by atoms with Gasteiger partial charge in [-0.05, 0) is 11.1 Å². The normalized spacial score (nSPS) is 17.9. The summed E-state index contributed by atoms with van der Waals surface area (Å²) in [4.78, 5) is 30.8. The smallest absolute Gasteiger partial charge is 0.244 e. The second kappa shape index (κ2) is 4.62. The Kier molecular flexibility index (Phi) is 2.92. The number of hydrogen-bond acceptors (Lipinski definition) is 5. The maximum atomic E-state index is 12.2. The fourth-order valence-corrected chi connectivity index (χ4v) is 2.60. The van der Waals surface area contributed by atoms with E-state index in [1.807, 2.05) is 0 Å². The number of anilines is 1. The fourth-order valence-electron chi connectivity index (χ4n) is 2.60. The van der Waals surface area contributed by atoms with Crippen molar-refractivity contribution in [3.8, 4) is 0 Å². The van der Waals surface area contributed by atoms with Gasteiger partial charge in [-0.1, -0.05) is 0 Å². The zero-order valence-electron chi connectivity index (χ0n) is 11.2. The highest BCUT2D eigenvalue weighted by Crippen LogP contribution is 2.25. The van der Waals surface area contributed by atoms with E-state index in [2.05, 4.69) is 10.1 Å². The zero-order valence-corrected chi connectivity index (χ0v) is 11.2. The largest absolute Gasteiger partial charge is 0.367 e. The standard InChI is InChI=1S/C12H16N6O2/c1-8(19)16-2-9-4-17(5-10(9)3-16)11(20)6-18-7-14-12(13)15-18/h7H,2-6H2,1H3,(H2,13,15). The third-order valence-corrected chi connectivity index (χ3v) is 3.68. The van der Waals surface area contributed by atoms with Gasteiger partial charge in [-0.25, -0.2) is 9.67 Å². The quantitative estimate of drug-likeness (QED) is 0.689. The van der Waals surface area contributed by atoms with Crippen molar-refractivity contribution in [3.05, 3.63) is 17.5 Å². The maximum absolute atomic E-state index is 12.2. The molecule has 0 aliphatic carbocycles. The number of nitrogens with two attached hydrogens (primary N) is 1. The average Bonchev–Trinajstić information content (AvgIpc) is 3.02. The summed E-state index contributed by atoms with van der Waals surface area (Å²) in [6, 6.07) is 0. The van der Waals surface area contributed by atoms with Crippen LogP contribution >= 0.6 is 0 Å². The van der Waals surface area contributed by atoms with Crippen LogP contribution in [0.2, 0.25) is 0 Å². The van der Waals surface area contributed by atoms with Crippen LogP contribution in [-0.4, -0.2) is 62.6 Å². The van der Waals surface area contributed by atoms with Crippen LogP contribution in [0.5, 0.6) is 0 Å². The van der Waals surface area contributed by atoms with Crippen LogP contribution in [0.15, 0.2) is 17.5 Å². The number of amides is 2. The van der Waals surface area contributed by atoms with Crippen LogP contribution in [-0.2, 0) is 16.1 Å². The molecule has 0 unspecified atom stereocenters. The average molecular weight is 276 g/mol. The molecule has 2 amide bonds. The summed E-state index contributed by atoms with van der Waals surface area (Å²) in [6.45, 7) is 4.20. The third kappa shape index (κ3) is 2.24. The highest BCUT2D eigenvalue weighted by Gasteiger charge is 2.32. The van der Waals surface area contributed by atoms with Gasteiger partial charge < -0.3 is 15.5 Å². The number of nitrogen functional groups attached to an aromatic ring is 1. The molecule has 2 aliphatic rings. The van der Waals surface area contributed by atoms with Crippen LogP contribution in [0, 0.1) is 0 Å². The molecule has 20 heavy (non-hydrogen) atoms. The molecule has 0 saturated carbocycles. The summed E-state index contributed by atoms with van der Waals surface area (Å²) in [5.74, 6) is 0.228. The second-order valence-electron chi connectivity index (χ2n) is 5.13. The molecule has 8 heteroatoms. The van der Waals surface area contributed by atoms with E-state index in [4.69, 9.17) is 5.73 Å². The molecule has 2 aliphatic heterocycles. The number of carbonyl (C=O) groups excluding carboxylic acids is 2. The van der Waals surface area contributed by atoms with Gasteiger partial charge in [-0.15, -0.1) is 5.10 Å². The van der Waals surface area contributed by atoms with Crippen molar-refractivity contribution in [2.24, 2.45) is 0 Å². The van der Waals surface area contributed by atoms with Crippen LogP contribution in [0.25, 0.3) is 0 Å². The molecule has 1 aromatic rings. The van der Waals surface area contributed by atoms with E-state index in [-0.39, 0.29) is 24.3 Å². The van der Waals surface area contributed by atoms with Crippen LogP contribution in [0.4, 0.5) is 5.95 Å². The van der Waals surface area contributed by atoms with Gasteiger partial charge in [0.15, 0.2) is 0 Å². The minimum Gasteiger partial charge on any atom is -0.367 e. The Hall–Kier alpha value is -2.38. The number of carbonyl (C=O) groups is 2. The first-order valence-electron chi connectivity index (χ1n) is 6.41. The molecule has 3 heterocycles. The van der Waals surface area contributed by atoms with Crippen LogP contribution in [0.3, 0.4) is 0 Å². The summed E-state index contributed by atoms with van der Waals surface area (Å²) < 4.78 is 1.43. The summed E-state index contributed by atoms with van der Waals surface area (Å²) in [6.07, 6.45) is 1.45. The molecule has 0 bridgehead atoms. The SMILES string of the molecule is CC(=O)N1CC2=C(C1)CN(C(=O)Cn1cnc(N)n1)C2. The Morgan fingerprint density at radius 3 is 2.30 bits per heavy atom. The van der Waals surface area contributed by atoms with E-state index >= 15 is 0 Å². The number of aromatic nitrogens is 3. The molecule has 0 atom stereocenters. The number of nitrogens with zero attached hydrogens (tertiary/aromatic N) is 5. The molecule has 0 fully saturated rings. The molecule has 106 valence electrons. The Bertz CT molecular complexity index is 587. The first-order valence-corrected chi connectivity index (χ1v) is 6.41. The van der Waals surface area contributed by atoms with Gasteiger partial charge in [0.2, 0.25) is 17.8 Å². The lowest BCUT2D eigenvalue weighted by Gasteiger charge is -2.22. The van der Waals surface area contributed by atoms with Crippen molar-refractivity contribution >= 4 is 17.8 Å². The van der Waals surface area contributed by atoms with Gasteiger partial charge in [-0.3, -0.25) is 9.59 Å². The molecule has 3 rings (SSSR count). The van der Waals surface area contributed by atoms with Crippen LogP contribution in [0.1, 0.15) is 6.92 Å². The molecule has 0 saturated heterocycles. The predicted octanol–water partition coefficient (Wildman–Crippen LogP) is -1.14. The molecule has 0 aromatic carbocycles. The summed E-state index contributed by atoms with van der Waals surface area (Å²) >= 11 is 0. The molecule has 0 spiro atoms. The van der Waals surface area contributed by atoms with Crippen molar-refractivity contribution in [2.75, 3.05) is 31.9 Å². The third-order valence-electron chi connectivity index (χ3n) is 3.68. The Morgan fingerprint density at radius 1 is 1.20 bits per heavy atom. The Balaban J connectivity index is 1.57. The Labute approximate surface area is 115 Å². The van der Waals surface area contributed by atoms with Crippen molar-refractivity contribution in [1.82, 2.24) is 24.6 Å². The minimum atomic E-state index is -0.0151. The Morgan fingerprint density at radius 2 is 1.80 bits per heavy atom. The lowest BCUT2D eigenvalue weighted by molar-refractivity contribution is -0.131. The van der Waals surface area contributed by atoms with Crippen molar-refractivity contribution < 1.29 is 9.59 Å². The van der Waals surface area contributed by atoms with E-state index in [9.17, 15) is 9.59 Å². The van der Waals surface area contributed by atoms with E-state index < -0.39 is 0 Å². The fraction of sp³-hybridized carbons (Fsp3) is 0.500. The van der Waals surface area contributed by atoms with Crippen molar-refractivity contribution in [1.29, 1.82) is 0 Å². The van der Waals surface area contributed by atoms with E-state index in [0.717, 1.165) is 0 Å². The molecule has 2 N–H and O–H groups in total. The molecular formula is C12H16N6O2. The highest BCUT2D eigenvalue weighted by atomic mass is 16.2. The summed E-state index contributed by atoms with van der Waals surface area (Å²) in [7, 11) is 0. The summed E-state index contributed by atoms with van der Waals surface area (Å²) in [5, 5.41) is 3.90. The van der Waals surface area contributed by atoms with Gasteiger partial charge in [-0.2, -0.15) is 0 Å². The van der Waals surface area contributed by atoms with Crippen LogP contribution < -0.4 is 5.73 Å². The molecule has 8 nitrogen and oxygen atoms in total. The number of hydrogen-bond donors (Lipinski definition) is 1. The first kappa shape index (κ1) is 12.6. The van der Waals surface area contributed by atoms with E-state index in [1.165, 1.54) is 22.2 Å². The highest BCUT2D eigenvalue weighted by molar-refractivity contribution is 5.78. The predicted molar refractivity (Wildman–Crippen MR) is 70.3 cm³/mol. The topological polar surface area (TPSA) is 97.4 Å². The number of rotatable bonds is 2. The van der Waals surface area contributed by atoms with Gasteiger partial charge >= 0.3 is 0 Å². The van der Waals surface area contributed by atoms with Gasteiger partial charge in [0.25, 0.3) is 0 Å². The monoisotopic (exact) mass is 276 g/mol. The van der Waals surface area contributed by atoms with E-state index in [0.29, 0.717) is 26.2 Å². The summed E-state index contributed by atoms with van der Waals surface area (Å²) in [5.41, 5.74) is 7.79.